The molecule has 0 unspecified atom stereocenters. The predicted octanol–water partition coefficient (Wildman–Crippen LogP) is 7.35. The van der Waals surface area contributed by atoms with Gasteiger partial charge in [0.1, 0.15) is 0 Å². The van der Waals surface area contributed by atoms with E-state index in [9.17, 15) is 0 Å². The molecule has 3 aromatic rings. The van der Waals surface area contributed by atoms with Crippen LogP contribution in [-0.2, 0) is 5.41 Å². The molecule has 0 amide bonds. The number of aryl methyl sites for hydroxylation is 2. The predicted molar refractivity (Wildman–Crippen MR) is 116 cm³/mol. The molecule has 0 heterocycles. The summed E-state index contributed by atoms with van der Waals surface area (Å²) in [6, 6.07) is 27.3. The van der Waals surface area contributed by atoms with Crippen molar-refractivity contribution in [2.24, 2.45) is 0 Å². The first-order valence-corrected chi connectivity index (χ1v) is 9.17. The average Bonchev–Trinajstić information content (AvgIpc) is 2.62. The lowest BCUT2D eigenvalue weighted by Crippen LogP contribution is -2.14. The van der Waals surface area contributed by atoms with E-state index in [1.807, 2.05) is 18.2 Å². The molecule has 0 saturated carbocycles. The van der Waals surface area contributed by atoms with E-state index in [-0.39, 0.29) is 5.41 Å². The highest BCUT2D eigenvalue weighted by Crippen LogP contribution is 2.33. The van der Waals surface area contributed by atoms with Crippen LogP contribution in [0.15, 0.2) is 85.4 Å². The molecule has 3 rings (SSSR count). The first-order valence-electron chi connectivity index (χ1n) is 9.17. The Morgan fingerprint density at radius 2 is 1.15 bits per heavy atom. The molecule has 0 spiro atoms. The van der Waals surface area contributed by atoms with E-state index in [4.69, 9.17) is 0 Å². The highest BCUT2D eigenvalue weighted by atomic mass is 14.2. The summed E-state index contributed by atoms with van der Waals surface area (Å²) in [5.41, 5.74) is 7.68. The Hall–Kier alpha value is -2.60. The van der Waals surface area contributed by atoms with Crippen LogP contribution in [0.3, 0.4) is 0 Å². The Bertz CT molecular complexity index is 848. The maximum Gasteiger partial charge on any atom is -0.0126 e. The normalized spacial score (nSPS) is 10.7. The number of benzene rings is 3. The van der Waals surface area contributed by atoms with Crippen LogP contribution in [0.4, 0.5) is 0 Å². The Labute approximate surface area is 159 Å². The molecule has 0 N–H and O–H groups in total. The van der Waals surface area contributed by atoms with Crippen molar-refractivity contribution in [3.8, 4) is 0 Å². The van der Waals surface area contributed by atoms with E-state index in [1.54, 1.807) is 0 Å². The lowest BCUT2D eigenvalue weighted by atomic mass is 9.80. The molecule has 0 aliphatic rings. The summed E-state index contributed by atoms with van der Waals surface area (Å²) < 4.78 is 0. The van der Waals surface area contributed by atoms with E-state index < -0.39 is 0 Å². The molecule has 0 heteroatoms. The van der Waals surface area contributed by atoms with Crippen molar-refractivity contribution in [3.05, 3.63) is 113 Å². The Morgan fingerprint density at radius 1 is 0.654 bits per heavy atom. The van der Waals surface area contributed by atoms with Gasteiger partial charge < -0.3 is 0 Å². The molecule has 0 aromatic heterocycles. The van der Waals surface area contributed by atoms with Crippen molar-refractivity contribution in [2.75, 3.05) is 0 Å². The third-order valence-electron chi connectivity index (χ3n) is 4.47. The van der Waals surface area contributed by atoms with Gasteiger partial charge in [0.05, 0.1) is 0 Å². The van der Waals surface area contributed by atoms with E-state index in [0.29, 0.717) is 0 Å². The standard InChI is InChI=1S/C19H22.C7H8/c1-14-10-6-7-11-16(14)15(2)17-12-8-9-13-18(17)19(3,4)5;1-7-5-3-2-4-6-7/h6-13H,2H2,1,3-5H3;2-6H,1H3. The molecule has 0 radical (unpaired) electrons. The van der Waals surface area contributed by atoms with E-state index in [2.05, 4.69) is 102 Å². The van der Waals surface area contributed by atoms with Gasteiger partial charge in [0, 0.05) is 0 Å². The highest BCUT2D eigenvalue weighted by Gasteiger charge is 2.19. The van der Waals surface area contributed by atoms with Gasteiger partial charge in [-0.1, -0.05) is 112 Å². The fraction of sp³-hybridized carbons (Fsp3) is 0.231. The Kier molecular flexibility index (Phi) is 6.58. The number of hydrogen-bond acceptors (Lipinski definition) is 0. The largest absolute Gasteiger partial charge is 0.0905 e. The van der Waals surface area contributed by atoms with Crippen LogP contribution in [0.1, 0.15) is 48.6 Å². The van der Waals surface area contributed by atoms with Crippen LogP contribution in [0.2, 0.25) is 0 Å². The molecule has 0 atom stereocenters. The Morgan fingerprint density at radius 3 is 1.65 bits per heavy atom. The zero-order valence-electron chi connectivity index (χ0n) is 16.7. The summed E-state index contributed by atoms with van der Waals surface area (Å²) in [6.07, 6.45) is 0. The smallest absolute Gasteiger partial charge is 0.0126 e. The summed E-state index contributed by atoms with van der Waals surface area (Å²) in [5.74, 6) is 0. The summed E-state index contributed by atoms with van der Waals surface area (Å²) in [6.45, 7) is 15.3. The average molecular weight is 343 g/mol. The van der Waals surface area contributed by atoms with Crippen LogP contribution < -0.4 is 0 Å². The van der Waals surface area contributed by atoms with E-state index in [0.717, 1.165) is 5.57 Å². The molecule has 0 fully saturated rings. The van der Waals surface area contributed by atoms with Crippen LogP contribution in [0.25, 0.3) is 5.57 Å². The molecular formula is C26H30. The quantitative estimate of drug-likeness (QED) is 0.456. The third-order valence-corrected chi connectivity index (χ3v) is 4.47. The number of rotatable bonds is 2. The zero-order valence-corrected chi connectivity index (χ0v) is 16.7. The SMILES string of the molecule is C=C(c1ccccc1C)c1ccccc1C(C)(C)C.Cc1ccccc1. The van der Waals surface area contributed by atoms with Gasteiger partial charge in [-0.05, 0) is 47.1 Å². The van der Waals surface area contributed by atoms with Gasteiger partial charge in [-0.25, -0.2) is 0 Å². The summed E-state index contributed by atoms with van der Waals surface area (Å²) in [4.78, 5) is 0. The van der Waals surface area contributed by atoms with Crippen molar-refractivity contribution < 1.29 is 0 Å². The highest BCUT2D eigenvalue weighted by molar-refractivity contribution is 5.81. The zero-order chi connectivity index (χ0) is 19.2. The van der Waals surface area contributed by atoms with Crippen molar-refractivity contribution in [2.45, 2.75) is 40.0 Å². The van der Waals surface area contributed by atoms with Gasteiger partial charge in [0.15, 0.2) is 0 Å². The third kappa shape index (κ3) is 5.20. The van der Waals surface area contributed by atoms with Gasteiger partial charge >= 0.3 is 0 Å². The molecule has 134 valence electrons. The molecule has 0 aliphatic carbocycles. The second-order valence-electron chi connectivity index (χ2n) is 7.74. The van der Waals surface area contributed by atoms with Gasteiger partial charge in [-0.3, -0.25) is 0 Å². The first kappa shape index (κ1) is 19.7. The van der Waals surface area contributed by atoms with Crippen molar-refractivity contribution in [1.29, 1.82) is 0 Å². The monoisotopic (exact) mass is 342 g/mol. The van der Waals surface area contributed by atoms with Gasteiger partial charge in [-0.2, -0.15) is 0 Å². The fourth-order valence-electron chi connectivity index (χ4n) is 2.99. The van der Waals surface area contributed by atoms with Crippen molar-refractivity contribution >= 4 is 5.57 Å². The summed E-state index contributed by atoms with van der Waals surface area (Å²) in [5, 5.41) is 0. The maximum absolute atomic E-state index is 4.33. The minimum absolute atomic E-state index is 0.127. The Balaban J connectivity index is 0.000000290. The second kappa shape index (κ2) is 8.67. The first-order chi connectivity index (χ1) is 12.3. The van der Waals surface area contributed by atoms with Crippen LogP contribution in [0.5, 0.6) is 0 Å². The van der Waals surface area contributed by atoms with Gasteiger partial charge in [-0.15, -0.1) is 0 Å². The van der Waals surface area contributed by atoms with Crippen molar-refractivity contribution in [3.63, 3.8) is 0 Å². The summed E-state index contributed by atoms with van der Waals surface area (Å²) >= 11 is 0. The van der Waals surface area contributed by atoms with Gasteiger partial charge in [0.25, 0.3) is 0 Å². The van der Waals surface area contributed by atoms with Crippen LogP contribution >= 0.6 is 0 Å². The van der Waals surface area contributed by atoms with E-state index in [1.165, 1.54) is 27.8 Å². The molecule has 0 bridgehead atoms. The molecular weight excluding hydrogens is 312 g/mol. The fourth-order valence-corrected chi connectivity index (χ4v) is 2.99. The molecule has 0 saturated heterocycles. The van der Waals surface area contributed by atoms with Crippen LogP contribution in [-0.4, -0.2) is 0 Å². The molecule has 26 heavy (non-hydrogen) atoms. The molecule has 3 aromatic carbocycles. The molecule has 0 nitrogen and oxygen atoms in total. The van der Waals surface area contributed by atoms with Crippen LogP contribution in [0, 0.1) is 13.8 Å². The summed E-state index contributed by atoms with van der Waals surface area (Å²) in [7, 11) is 0. The van der Waals surface area contributed by atoms with E-state index >= 15 is 0 Å². The molecule has 0 aliphatic heterocycles. The number of hydrogen-bond donors (Lipinski definition) is 0. The minimum atomic E-state index is 0.127. The minimum Gasteiger partial charge on any atom is -0.0905 e. The topological polar surface area (TPSA) is 0 Å². The second-order valence-corrected chi connectivity index (χ2v) is 7.74. The lowest BCUT2D eigenvalue weighted by Gasteiger charge is -2.24. The van der Waals surface area contributed by atoms with Gasteiger partial charge in [0.2, 0.25) is 0 Å². The maximum atomic E-state index is 4.33. The lowest BCUT2D eigenvalue weighted by molar-refractivity contribution is 0.588. The van der Waals surface area contributed by atoms with Crippen molar-refractivity contribution in [1.82, 2.24) is 0 Å².